The van der Waals surface area contributed by atoms with Gasteiger partial charge in [0.15, 0.2) is 0 Å². The van der Waals surface area contributed by atoms with Crippen molar-refractivity contribution in [2.24, 2.45) is 5.92 Å². The average Bonchev–Trinajstić information content (AvgIpc) is 1.85. The minimum atomic E-state index is -4.21. The van der Waals surface area contributed by atoms with Crippen molar-refractivity contribution >= 4 is 0 Å². The van der Waals surface area contributed by atoms with Gasteiger partial charge in [0.05, 0.1) is 0 Å². The molecule has 0 aromatic heterocycles. The molecule has 0 aromatic rings. The maximum Gasteiger partial charge on any atom is 0.457 e. The van der Waals surface area contributed by atoms with Crippen molar-refractivity contribution in [1.29, 1.82) is 0 Å². The van der Waals surface area contributed by atoms with Gasteiger partial charge in [-0.3, -0.25) is 0 Å². The van der Waals surface area contributed by atoms with Gasteiger partial charge in [-0.05, 0) is 12.3 Å². The van der Waals surface area contributed by atoms with Crippen LogP contribution in [-0.2, 0) is 0 Å². The van der Waals surface area contributed by atoms with Gasteiger partial charge in [-0.25, -0.2) is 5.32 Å². The third kappa shape index (κ3) is 7.65. The van der Waals surface area contributed by atoms with Crippen LogP contribution in [-0.4, -0.2) is 12.8 Å². The first-order chi connectivity index (χ1) is 4.95. The molecule has 0 aliphatic heterocycles. The Kier molecular flexibility index (Phi) is 4.49. The van der Waals surface area contributed by atoms with Gasteiger partial charge in [-0.15, -0.1) is 0 Å². The molecule has 0 aliphatic rings. The number of hydrogen-bond donors (Lipinski definition) is 1. The van der Waals surface area contributed by atoms with E-state index in [4.69, 9.17) is 0 Å². The van der Waals surface area contributed by atoms with E-state index in [0.29, 0.717) is 12.3 Å². The van der Waals surface area contributed by atoms with Crippen LogP contribution in [0, 0.1) is 5.92 Å². The minimum Gasteiger partial charge on any atom is -0.228 e. The SMILES string of the molecule is CCC(C)CCNC(F)(F)F. The highest BCUT2D eigenvalue weighted by molar-refractivity contribution is 4.54. The second-order valence-corrected chi connectivity index (χ2v) is 2.73. The quantitative estimate of drug-likeness (QED) is 0.637. The molecule has 0 radical (unpaired) electrons. The molecule has 0 saturated heterocycles. The smallest absolute Gasteiger partial charge is 0.228 e. The summed E-state index contributed by atoms with van der Waals surface area (Å²) in [5.41, 5.74) is 0. The molecule has 0 aliphatic carbocycles. The molecule has 0 bridgehead atoms. The average molecular weight is 169 g/mol. The second-order valence-electron chi connectivity index (χ2n) is 2.73. The van der Waals surface area contributed by atoms with Gasteiger partial charge in [-0.2, -0.15) is 13.2 Å². The largest absolute Gasteiger partial charge is 0.457 e. The van der Waals surface area contributed by atoms with E-state index in [-0.39, 0.29) is 6.54 Å². The van der Waals surface area contributed by atoms with Gasteiger partial charge in [0.25, 0.3) is 0 Å². The molecule has 4 heteroatoms. The van der Waals surface area contributed by atoms with E-state index in [9.17, 15) is 13.2 Å². The van der Waals surface area contributed by atoms with Gasteiger partial charge in [0.1, 0.15) is 0 Å². The summed E-state index contributed by atoms with van der Waals surface area (Å²) in [7, 11) is 0. The summed E-state index contributed by atoms with van der Waals surface area (Å²) in [6, 6.07) is 0. The standard InChI is InChI=1S/C7H14F3N/c1-3-6(2)4-5-11-7(8,9)10/h6,11H,3-5H2,1-2H3. The second kappa shape index (κ2) is 4.59. The first kappa shape index (κ1) is 10.8. The number of nitrogens with one attached hydrogen (secondary N) is 1. The van der Waals surface area contributed by atoms with Crippen LogP contribution >= 0.6 is 0 Å². The number of alkyl halides is 3. The van der Waals surface area contributed by atoms with Crippen molar-refractivity contribution in [3.8, 4) is 0 Å². The maximum atomic E-state index is 11.5. The highest BCUT2D eigenvalue weighted by Crippen LogP contribution is 2.11. The van der Waals surface area contributed by atoms with E-state index in [1.165, 1.54) is 5.32 Å². The highest BCUT2D eigenvalue weighted by Gasteiger charge is 2.25. The van der Waals surface area contributed by atoms with Crippen molar-refractivity contribution in [2.45, 2.75) is 33.0 Å². The molecule has 11 heavy (non-hydrogen) atoms. The van der Waals surface area contributed by atoms with E-state index in [2.05, 4.69) is 0 Å². The molecule has 0 fully saturated rings. The molecule has 1 atom stereocenters. The molecular formula is C7H14F3N. The zero-order chi connectivity index (χ0) is 8.91. The van der Waals surface area contributed by atoms with Crippen LogP contribution < -0.4 is 5.32 Å². The van der Waals surface area contributed by atoms with E-state index >= 15 is 0 Å². The van der Waals surface area contributed by atoms with E-state index in [1.807, 2.05) is 13.8 Å². The summed E-state index contributed by atoms with van der Waals surface area (Å²) in [5, 5.41) is 1.49. The van der Waals surface area contributed by atoms with E-state index < -0.39 is 6.30 Å². The summed E-state index contributed by atoms with van der Waals surface area (Å²) in [4.78, 5) is 0. The van der Waals surface area contributed by atoms with Crippen molar-refractivity contribution < 1.29 is 13.2 Å². The molecule has 0 saturated carbocycles. The predicted octanol–water partition coefficient (Wildman–Crippen LogP) is 2.53. The van der Waals surface area contributed by atoms with Crippen LogP contribution in [0.4, 0.5) is 13.2 Å². The lowest BCUT2D eigenvalue weighted by atomic mass is 10.1. The maximum absolute atomic E-state index is 11.5. The lowest BCUT2D eigenvalue weighted by Gasteiger charge is -2.10. The molecule has 0 amide bonds. The predicted molar refractivity (Wildman–Crippen MR) is 38.1 cm³/mol. The third-order valence-corrected chi connectivity index (χ3v) is 1.66. The van der Waals surface area contributed by atoms with Crippen molar-refractivity contribution in [3.05, 3.63) is 0 Å². The molecule has 1 N–H and O–H groups in total. The van der Waals surface area contributed by atoms with E-state index in [0.717, 1.165) is 6.42 Å². The summed E-state index contributed by atoms with van der Waals surface area (Å²) in [6.07, 6.45) is -2.71. The normalized spacial score (nSPS) is 15.0. The fraction of sp³-hybridized carbons (Fsp3) is 1.00. The van der Waals surface area contributed by atoms with Gasteiger partial charge in [0, 0.05) is 6.54 Å². The number of hydrogen-bond acceptors (Lipinski definition) is 1. The number of halogens is 3. The Hall–Kier alpha value is -0.250. The van der Waals surface area contributed by atoms with Crippen LogP contribution in [0.15, 0.2) is 0 Å². The third-order valence-electron chi connectivity index (χ3n) is 1.66. The van der Waals surface area contributed by atoms with Crippen LogP contribution in [0.1, 0.15) is 26.7 Å². The molecule has 0 aromatic carbocycles. The molecule has 68 valence electrons. The molecule has 1 unspecified atom stereocenters. The van der Waals surface area contributed by atoms with Crippen LogP contribution in [0.5, 0.6) is 0 Å². The molecule has 0 heterocycles. The van der Waals surface area contributed by atoms with Gasteiger partial charge in [0.2, 0.25) is 0 Å². The Balaban J connectivity index is 3.28. The molecule has 0 spiro atoms. The van der Waals surface area contributed by atoms with Crippen molar-refractivity contribution in [3.63, 3.8) is 0 Å². The van der Waals surface area contributed by atoms with Crippen molar-refractivity contribution in [1.82, 2.24) is 5.32 Å². The van der Waals surface area contributed by atoms with Crippen LogP contribution in [0.2, 0.25) is 0 Å². The topological polar surface area (TPSA) is 12.0 Å². The van der Waals surface area contributed by atoms with E-state index in [1.54, 1.807) is 0 Å². The summed E-state index contributed by atoms with van der Waals surface area (Å²) in [5.74, 6) is 0.366. The van der Waals surface area contributed by atoms with Gasteiger partial charge >= 0.3 is 6.30 Å². The zero-order valence-corrected chi connectivity index (χ0v) is 6.83. The Bertz CT molecular complexity index is 100. The summed E-state index contributed by atoms with van der Waals surface area (Å²) in [6.45, 7) is 3.94. The first-order valence-corrected chi connectivity index (χ1v) is 3.77. The van der Waals surface area contributed by atoms with Crippen LogP contribution in [0.25, 0.3) is 0 Å². The lowest BCUT2D eigenvalue weighted by Crippen LogP contribution is -2.32. The Morgan fingerprint density at radius 3 is 2.27 bits per heavy atom. The van der Waals surface area contributed by atoms with Crippen LogP contribution in [0.3, 0.4) is 0 Å². The molecular weight excluding hydrogens is 155 g/mol. The zero-order valence-electron chi connectivity index (χ0n) is 6.83. The van der Waals surface area contributed by atoms with Gasteiger partial charge in [-0.1, -0.05) is 20.3 Å². The van der Waals surface area contributed by atoms with Gasteiger partial charge < -0.3 is 0 Å². The summed E-state index contributed by atoms with van der Waals surface area (Å²) >= 11 is 0. The minimum absolute atomic E-state index is 0.0263. The summed E-state index contributed by atoms with van der Waals surface area (Å²) < 4.78 is 34.5. The molecule has 1 nitrogen and oxygen atoms in total. The Morgan fingerprint density at radius 1 is 1.36 bits per heavy atom. The highest BCUT2D eigenvalue weighted by atomic mass is 19.4. The van der Waals surface area contributed by atoms with Crippen molar-refractivity contribution in [2.75, 3.05) is 6.54 Å². The first-order valence-electron chi connectivity index (χ1n) is 3.77. The fourth-order valence-corrected chi connectivity index (χ4v) is 0.664. The monoisotopic (exact) mass is 169 g/mol. The fourth-order valence-electron chi connectivity index (χ4n) is 0.664. The molecule has 0 rings (SSSR count). The number of rotatable bonds is 4. The Labute approximate surface area is 65.0 Å². The Morgan fingerprint density at radius 2 is 1.91 bits per heavy atom. The lowest BCUT2D eigenvalue weighted by molar-refractivity contribution is -0.157.